The molecule has 0 unspecified atom stereocenters. The molecule has 0 fully saturated rings. The van der Waals surface area contributed by atoms with E-state index < -0.39 is 10.7 Å². The Morgan fingerprint density at radius 1 is 1.62 bits per heavy atom. The minimum absolute atomic E-state index is 0.254. The normalized spacial score (nSPS) is 10.1. The fraction of sp³-hybridized carbons (Fsp3) is 0.143. The molecule has 3 nitrogen and oxygen atoms in total. The molecule has 0 aliphatic carbocycles. The average molecular weight is 266 g/mol. The Morgan fingerprint density at radius 2 is 2.23 bits per heavy atom. The zero-order chi connectivity index (χ0) is 10.0. The van der Waals surface area contributed by atoms with Crippen LogP contribution in [0.2, 0.25) is 0 Å². The molecular weight excluding hydrogens is 261 g/mol. The first-order valence-corrected chi connectivity index (χ1v) is 5.25. The van der Waals surface area contributed by atoms with Crippen LogP contribution >= 0.6 is 27.7 Å². The molecule has 6 heteroatoms. The highest BCUT2D eigenvalue weighted by Gasteiger charge is 2.15. The Kier molecular flexibility index (Phi) is 3.27. The lowest BCUT2D eigenvalue weighted by Gasteiger charge is -2.00. The SMILES string of the molecule is CSc1cc(Br)c([N+](=O)[O-])cc1F. The molecule has 0 spiro atoms. The number of nitrogens with zero attached hydrogens (tertiary/aromatic N) is 1. The molecule has 0 saturated carbocycles. The maximum absolute atomic E-state index is 13.0. The van der Waals surface area contributed by atoms with E-state index in [2.05, 4.69) is 15.9 Å². The van der Waals surface area contributed by atoms with Gasteiger partial charge < -0.3 is 0 Å². The number of nitro benzene ring substituents is 1. The van der Waals surface area contributed by atoms with Gasteiger partial charge in [0.15, 0.2) is 0 Å². The summed E-state index contributed by atoms with van der Waals surface area (Å²) in [5.74, 6) is -0.567. The summed E-state index contributed by atoms with van der Waals surface area (Å²) in [5, 5.41) is 10.4. The van der Waals surface area contributed by atoms with Crippen LogP contribution < -0.4 is 0 Å². The van der Waals surface area contributed by atoms with Crippen molar-refractivity contribution in [1.82, 2.24) is 0 Å². The topological polar surface area (TPSA) is 43.1 Å². The molecule has 1 aromatic carbocycles. The van der Waals surface area contributed by atoms with Gasteiger partial charge in [-0.2, -0.15) is 0 Å². The monoisotopic (exact) mass is 265 g/mol. The van der Waals surface area contributed by atoms with Crippen molar-refractivity contribution in [3.63, 3.8) is 0 Å². The summed E-state index contributed by atoms with van der Waals surface area (Å²) in [6, 6.07) is 2.31. The molecule has 13 heavy (non-hydrogen) atoms. The van der Waals surface area contributed by atoms with Gasteiger partial charge in [0.25, 0.3) is 5.69 Å². The number of hydrogen-bond donors (Lipinski definition) is 0. The van der Waals surface area contributed by atoms with E-state index in [1.54, 1.807) is 6.26 Å². The minimum Gasteiger partial charge on any atom is -0.258 e. The predicted octanol–water partition coefficient (Wildman–Crippen LogP) is 3.22. The molecule has 0 atom stereocenters. The van der Waals surface area contributed by atoms with E-state index in [0.717, 1.165) is 6.07 Å². The van der Waals surface area contributed by atoms with E-state index in [1.165, 1.54) is 17.8 Å². The molecular formula is C7H5BrFNO2S. The second-order valence-corrected chi connectivity index (χ2v) is 3.90. The van der Waals surface area contributed by atoms with Crippen molar-refractivity contribution in [1.29, 1.82) is 0 Å². The summed E-state index contributed by atoms with van der Waals surface area (Å²) < 4.78 is 13.3. The molecule has 1 rings (SSSR count). The van der Waals surface area contributed by atoms with Gasteiger partial charge in [0.2, 0.25) is 0 Å². The van der Waals surface area contributed by atoms with Gasteiger partial charge in [-0.3, -0.25) is 10.1 Å². The molecule has 1 aromatic rings. The van der Waals surface area contributed by atoms with Crippen LogP contribution in [0, 0.1) is 15.9 Å². The number of thioether (sulfide) groups is 1. The van der Waals surface area contributed by atoms with Gasteiger partial charge >= 0.3 is 0 Å². The third-order valence-corrected chi connectivity index (χ3v) is 2.81. The first-order valence-electron chi connectivity index (χ1n) is 3.23. The van der Waals surface area contributed by atoms with Gasteiger partial charge in [-0.15, -0.1) is 11.8 Å². The van der Waals surface area contributed by atoms with E-state index in [-0.39, 0.29) is 5.69 Å². The summed E-state index contributed by atoms with van der Waals surface area (Å²) in [7, 11) is 0. The number of nitro groups is 1. The van der Waals surface area contributed by atoms with Crippen LogP contribution in [-0.2, 0) is 0 Å². The van der Waals surface area contributed by atoms with Crippen LogP contribution in [0.3, 0.4) is 0 Å². The molecule has 0 bridgehead atoms. The third-order valence-electron chi connectivity index (χ3n) is 1.42. The standard InChI is InChI=1S/C7H5BrFNO2S/c1-13-7-2-4(8)6(10(11)12)3-5(7)9/h2-3H,1H3. The van der Waals surface area contributed by atoms with Gasteiger partial charge in [-0.25, -0.2) is 4.39 Å². The van der Waals surface area contributed by atoms with Gasteiger partial charge in [0, 0.05) is 4.90 Å². The molecule has 0 aliphatic rings. The van der Waals surface area contributed by atoms with Crippen molar-refractivity contribution in [2.24, 2.45) is 0 Å². The Balaban J connectivity index is 3.28. The van der Waals surface area contributed by atoms with Crippen LogP contribution in [0.15, 0.2) is 21.5 Å². The molecule has 0 N–H and O–H groups in total. The van der Waals surface area contributed by atoms with E-state index in [1.807, 2.05) is 0 Å². The number of rotatable bonds is 2. The van der Waals surface area contributed by atoms with Crippen LogP contribution in [-0.4, -0.2) is 11.2 Å². The smallest absolute Gasteiger partial charge is 0.258 e. The lowest BCUT2D eigenvalue weighted by molar-refractivity contribution is -0.385. The lowest BCUT2D eigenvalue weighted by atomic mass is 10.3. The second kappa shape index (κ2) is 4.06. The highest BCUT2D eigenvalue weighted by Crippen LogP contribution is 2.31. The Labute approximate surface area is 86.6 Å². The quantitative estimate of drug-likeness (QED) is 0.469. The fourth-order valence-electron chi connectivity index (χ4n) is 0.814. The Bertz CT molecular complexity index is 359. The second-order valence-electron chi connectivity index (χ2n) is 2.20. The summed E-state index contributed by atoms with van der Waals surface area (Å²) >= 11 is 4.20. The van der Waals surface area contributed by atoms with Crippen LogP contribution in [0.4, 0.5) is 10.1 Å². The number of hydrogen-bond acceptors (Lipinski definition) is 3. The zero-order valence-electron chi connectivity index (χ0n) is 6.58. The van der Waals surface area contributed by atoms with Crippen LogP contribution in [0.25, 0.3) is 0 Å². The minimum atomic E-state index is -0.628. The Morgan fingerprint density at radius 3 is 2.69 bits per heavy atom. The van der Waals surface area contributed by atoms with E-state index in [9.17, 15) is 14.5 Å². The van der Waals surface area contributed by atoms with Crippen molar-refractivity contribution in [2.45, 2.75) is 4.90 Å². The summed E-state index contributed by atoms with van der Waals surface area (Å²) in [5.41, 5.74) is -0.254. The van der Waals surface area contributed by atoms with Gasteiger partial charge in [-0.1, -0.05) is 0 Å². The molecule has 0 radical (unpaired) electrons. The molecule has 0 saturated heterocycles. The highest BCUT2D eigenvalue weighted by atomic mass is 79.9. The molecule has 0 aliphatic heterocycles. The highest BCUT2D eigenvalue weighted by molar-refractivity contribution is 9.10. The van der Waals surface area contributed by atoms with Crippen molar-refractivity contribution < 1.29 is 9.31 Å². The van der Waals surface area contributed by atoms with Crippen molar-refractivity contribution in [3.05, 3.63) is 32.5 Å². The van der Waals surface area contributed by atoms with Gasteiger partial charge in [-0.05, 0) is 28.3 Å². The van der Waals surface area contributed by atoms with Crippen LogP contribution in [0.1, 0.15) is 0 Å². The predicted molar refractivity (Wildman–Crippen MR) is 52.5 cm³/mol. The third kappa shape index (κ3) is 2.19. The first-order chi connectivity index (χ1) is 6.06. The summed E-state index contributed by atoms with van der Waals surface area (Å²) in [6.07, 6.45) is 1.71. The van der Waals surface area contributed by atoms with Crippen molar-refractivity contribution >= 4 is 33.4 Å². The fourth-order valence-corrected chi connectivity index (χ4v) is 1.94. The zero-order valence-corrected chi connectivity index (χ0v) is 8.99. The van der Waals surface area contributed by atoms with Gasteiger partial charge in [0.1, 0.15) is 5.82 Å². The number of halogens is 2. The summed E-state index contributed by atoms with van der Waals surface area (Å²) in [4.78, 5) is 10.1. The molecule has 0 aromatic heterocycles. The Hall–Kier alpha value is -0.620. The average Bonchev–Trinajstić information content (AvgIpc) is 2.07. The molecule has 0 amide bonds. The molecule has 0 heterocycles. The largest absolute Gasteiger partial charge is 0.286 e. The molecule has 70 valence electrons. The summed E-state index contributed by atoms with van der Waals surface area (Å²) in [6.45, 7) is 0. The maximum atomic E-state index is 13.0. The maximum Gasteiger partial charge on any atom is 0.286 e. The van der Waals surface area contributed by atoms with E-state index >= 15 is 0 Å². The van der Waals surface area contributed by atoms with E-state index in [0.29, 0.717) is 9.37 Å². The van der Waals surface area contributed by atoms with E-state index in [4.69, 9.17) is 0 Å². The number of benzene rings is 1. The van der Waals surface area contributed by atoms with Crippen molar-refractivity contribution in [3.8, 4) is 0 Å². The first kappa shape index (κ1) is 10.5. The lowest BCUT2D eigenvalue weighted by Crippen LogP contribution is -1.91. The van der Waals surface area contributed by atoms with Crippen molar-refractivity contribution in [2.75, 3.05) is 6.26 Å². The van der Waals surface area contributed by atoms with Gasteiger partial charge in [0.05, 0.1) is 15.5 Å². The van der Waals surface area contributed by atoms with Crippen LogP contribution in [0.5, 0.6) is 0 Å².